The maximum absolute atomic E-state index is 4.88. The molecule has 2 aliphatic heterocycles. The van der Waals surface area contributed by atoms with E-state index in [4.69, 9.17) is 4.98 Å². The molecule has 0 radical (unpaired) electrons. The maximum atomic E-state index is 4.88. The Balaban J connectivity index is 1.33. The molecular weight excluding hydrogens is 424 g/mol. The van der Waals surface area contributed by atoms with Gasteiger partial charge in [0.2, 0.25) is 0 Å². The summed E-state index contributed by atoms with van der Waals surface area (Å²) in [4.78, 5) is 7.42. The van der Waals surface area contributed by atoms with Crippen LogP contribution in [-0.2, 0) is 25.7 Å². The lowest BCUT2D eigenvalue weighted by atomic mass is 9.84. The van der Waals surface area contributed by atoms with Crippen molar-refractivity contribution < 1.29 is 0 Å². The molecule has 0 spiro atoms. The van der Waals surface area contributed by atoms with E-state index in [0.717, 1.165) is 25.7 Å². The molecule has 0 saturated carbocycles. The summed E-state index contributed by atoms with van der Waals surface area (Å²) < 4.78 is 0. The van der Waals surface area contributed by atoms with Crippen LogP contribution in [0.1, 0.15) is 44.6 Å². The van der Waals surface area contributed by atoms with Crippen molar-refractivity contribution in [1.29, 1.82) is 0 Å². The number of hydrogen-bond donors (Lipinski definition) is 0. The third-order valence-electron chi connectivity index (χ3n) is 8.55. The topological polar surface area (TPSA) is 16.1 Å². The van der Waals surface area contributed by atoms with Gasteiger partial charge in [0, 0.05) is 19.0 Å². The summed E-state index contributed by atoms with van der Waals surface area (Å²) in [6, 6.07) is 29.7. The van der Waals surface area contributed by atoms with Gasteiger partial charge in [-0.25, -0.2) is 0 Å². The summed E-state index contributed by atoms with van der Waals surface area (Å²) in [6.45, 7) is 0. The first-order chi connectivity index (χ1) is 17.3. The molecule has 2 aliphatic carbocycles. The number of anilines is 3. The second kappa shape index (κ2) is 6.28. The van der Waals surface area contributed by atoms with Gasteiger partial charge < -0.3 is 4.90 Å². The normalized spacial score (nSPS) is 14.9. The number of rotatable bonds is 0. The van der Waals surface area contributed by atoms with Gasteiger partial charge in [-0.2, -0.15) is 0 Å². The van der Waals surface area contributed by atoms with Crippen LogP contribution in [0.5, 0.6) is 0 Å². The van der Waals surface area contributed by atoms with Crippen LogP contribution >= 0.6 is 0 Å². The van der Waals surface area contributed by atoms with Crippen molar-refractivity contribution in [3.05, 3.63) is 130 Å². The Hall–Kier alpha value is -4.17. The molecule has 4 aromatic carbocycles. The highest BCUT2D eigenvalue weighted by Gasteiger charge is 2.36. The predicted molar refractivity (Wildman–Crippen MR) is 141 cm³/mol. The Morgan fingerprint density at radius 1 is 0.543 bits per heavy atom. The van der Waals surface area contributed by atoms with E-state index in [9.17, 15) is 0 Å². The molecule has 0 fully saturated rings. The van der Waals surface area contributed by atoms with E-state index in [1.807, 2.05) is 6.20 Å². The van der Waals surface area contributed by atoms with Crippen LogP contribution < -0.4 is 4.90 Å². The molecule has 9 rings (SSSR count). The van der Waals surface area contributed by atoms with E-state index in [-0.39, 0.29) is 0 Å². The molecule has 35 heavy (non-hydrogen) atoms. The Morgan fingerprint density at radius 2 is 1.34 bits per heavy atom. The van der Waals surface area contributed by atoms with E-state index in [2.05, 4.69) is 83.8 Å². The number of pyridine rings is 1. The van der Waals surface area contributed by atoms with Crippen molar-refractivity contribution in [3.8, 4) is 22.3 Å². The van der Waals surface area contributed by atoms with Gasteiger partial charge in [0.15, 0.2) is 0 Å². The van der Waals surface area contributed by atoms with E-state index in [1.165, 1.54) is 84.0 Å². The van der Waals surface area contributed by atoms with Crippen LogP contribution in [0.3, 0.4) is 0 Å². The highest BCUT2D eigenvalue weighted by molar-refractivity contribution is 5.95. The SMILES string of the molecule is c1ccc2c(c1)Cc1cc3c(cc1-2)N1c2ccc4c(c2Cc2ccnc(c21)C3)-c1ccccc1C4. The van der Waals surface area contributed by atoms with Crippen LogP contribution in [0.25, 0.3) is 22.3 Å². The molecule has 0 atom stereocenters. The number of nitrogens with zero attached hydrogens (tertiary/aromatic N) is 2. The van der Waals surface area contributed by atoms with Crippen molar-refractivity contribution in [3.63, 3.8) is 0 Å². The van der Waals surface area contributed by atoms with Gasteiger partial charge in [-0.1, -0.05) is 60.7 Å². The van der Waals surface area contributed by atoms with E-state index in [1.54, 1.807) is 0 Å². The van der Waals surface area contributed by atoms with Crippen molar-refractivity contribution >= 4 is 17.1 Å². The largest absolute Gasteiger partial charge is 0.308 e. The summed E-state index contributed by atoms with van der Waals surface area (Å²) >= 11 is 0. The zero-order valence-electron chi connectivity index (χ0n) is 19.3. The molecule has 0 unspecified atom stereocenters. The van der Waals surface area contributed by atoms with Gasteiger partial charge in [0.25, 0.3) is 0 Å². The smallest absolute Gasteiger partial charge is 0.0716 e. The minimum absolute atomic E-state index is 0.905. The Kier molecular flexibility index (Phi) is 3.27. The van der Waals surface area contributed by atoms with Gasteiger partial charge in [0.05, 0.1) is 22.8 Å². The maximum Gasteiger partial charge on any atom is 0.0716 e. The number of aromatic nitrogens is 1. The van der Waals surface area contributed by atoms with Crippen molar-refractivity contribution in [1.82, 2.24) is 4.98 Å². The standard InChI is InChI=1S/C33H22N2/c1-3-7-25-19(5-1)14-23-15-24-17-29-33-22(11-12-34-29)16-28-30(35(33)31(24)18-27(23)25)10-9-21-13-20-6-2-4-8-26(20)32(21)28/h1-12,15,18H,13-14,16-17H2. The fourth-order valence-electron chi connectivity index (χ4n) is 7.08. The van der Waals surface area contributed by atoms with Crippen molar-refractivity contribution in [2.24, 2.45) is 0 Å². The lowest BCUT2D eigenvalue weighted by Crippen LogP contribution is -2.26. The third-order valence-corrected chi connectivity index (χ3v) is 8.55. The Morgan fingerprint density at radius 3 is 2.26 bits per heavy atom. The third kappa shape index (κ3) is 2.27. The lowest BCUT2D eigenvalue weighted by Gasteiger charge is -2.39. The number of benzene rings is 4. The molecule has 0 bridgehead atoms. The highest BCUT2D eigenvalue weighted by Crippen LogP contribution is 2.55. The monoisotopic (exact) mass is 446 g/mol. The average molecular weight is 447 g/mol. The van der Waals surface area contributed by atoms with Gasteiger partial charge >= 0.3 is 0 Å². The fraction of sp³-hybridized carbons (Fsp3) is 0.121. The first-order valence-electron chi connectivity index (χ1n) is 12.6. The summed E-state index contributed by atoms with van der Waals surface area (Å²) in [7, 11) is 0. The van der Waals surface area contributed by atoms with E-state index in [0.29, 0.717) is 0 Å². The van der Waals surface area contributed by atoms with E-state index < -0.39 is 0 Å². The highest BCUT2D eigenvalue weighted by atomic mass is 15.2. The van der Waals surface area contributed by atoms with Gasteiger partial charge in [-0.15, -0.1) is 0 Å². The molecule has 164 valence electrons. The van der Waals surface area contributed by atoms with Crippen LogP contribution in [0.15, 0.2) is 85.1 Å². The van der Waals surface area contributed by atoms with Crippen LogP contribution in [0.4, 0.5) is 17.1 Å². The first-order valence-corrected chi connectivity index (χ1v) is 12.6. The molecule has 0 N–H and O–H groups in total. The summed E-state index contributed by atoms with van der Waals surface area (Å²) in [5.74, 6) is 0. The second-order valence-corrected chi connectivity index (χ2v) is 10.4. The summed E-state index contributed by atoms with van der Waals surface area (Å²) in [6.07, 6.45) is 5.95. The summed E-state index contributed by atoms with van der Waals surface area (Å²) in [5.41, 5.74) is 20.9. The van der Waals surface area contributed by atoms with Gasteiger partial charge in [0.1, 0.15) is 0 Å². The van der Waals surface area contributed by atoms with Crippen LogP contribution in [0.2, 0.25) is 0 Å². The summed E-state index contributed by atoms with van der Waals surface area (Å²) in [5, 5.41) is 0. The molecule has 1 aromatic heterocycles. The van der Waals surface area contributed by atoms with Crippen molar-refractivity contribution in [2.45, 2.75) is 25.7 Å². The fourth-order valence-corrected chi connectivity index (χ4v) is 7.08. The zero-order valence-corrected chi connectivity index (χ0v) is 19.3. The molecule has 2 heteroatoms. The molecular formula is C33H22N2. The minimum Gasteiger partial charge on any atom is -0.308 e. The Labute approximate surface area is 204 Å². The first kappa shape index (κ1) is 18.2. The quantitative estimate of drug-likeness (QED) is 0.240. The van der Waals surface area contributed by atoms with Gasteiger partial charge in [-0.3, -0.25) is 4.98 Å². The predicted octanol–water partition coefficient (Wildman–Crippen LogP) is 7.50. The van der Waals surface area contributed by atoms with E-state index >= 15 is 0 Å². The lowest BCUT2D eigenvalue weighted by molar-refractivity contribution is 0.958. The van der Waals surface area contributed by atoms with Crippen LogP contribution in [-0.4, -0.2) is 4.98 Å². The number of hydrogen-bond acceptors (Lipinski definition) is 2. The number of fused-ring (bicyclic) bond motifs is 11. The molecule has 5 aromatic rings. The van der Waals surface area contributed by atoms with Crippen LogP contribution in [0, 0.1) is 0 Å². The molecule has 4 aliphatic rings. The molecule has 2 nitrogen and oxygen atoms in total. The average Bonchev–Trinajstić information content (AvgIpc) is 3.45. The molecule has 0 amide bonds. The second-order valence-electron chi connectivity index (χ2n) is 10.4. The Bertz CT molecular complexity index is 1760. The zero-order chi connectivity index (χ0) is 22.7. The van der Waals surface area contributed by atoms with Gasteiger partial charge in [-0.05, 0) is 92.2 Å². The van der Waals surface area contributed by atoms with Crippen molar-refractivity contribution in [2.75, 3.05) is 4.90 Å². The minimum atomic E-state index is 0.905. The molecule has 0 saturated heterocycles. The molecule has 3 heterocycles.